The average molecular weight is 160 g/mol. The van der Waals surface area contributed by atoms with E-state index < -0.39 is 12.0 Å². The third kappa shape index (κ3) is 5.16. The lowest BCUT2D eigenvalue weighted by Gasteiger charge is -2.02. The Morgan fingerprint density at radius 2 is 2.09 bits per heavy atom. The maximum absolute atomic E-state index is 10.1. The molecule has 0 amide bonds. The summed E-state index contributed by atoms with van der Waals surface area (Å²) in [5.41, 5.74) is 15.1. The Balaban J connectivity index is 3.55. The molecule has 6 nitrogen and oxygen atoms in total. The summed E-state index contributed by atoms with van der Waals surface area (Å²) in [5, 5.41) is 8.31. The number of nitrogens with zero attached hydrogens (tertiary/aromatic N) is 1. The van der Waals surface area contributed by atoms with Crippen LogP contribution in [0.15, 0.2) is 4.99 Å². The second-order valence-corrected chi connectivity index (χ2v) is 2.04. The molecule has 0 fully saturated rings. The van der Waals surface area contributed by atoms with Gasteiger partial charge in [-0.2, -0.15) is 0 Å². The smallest absolute Gasteiger partial charge is 0.320 e. The normalized spacial score (nSPS) is 12.1. The SMILES string of the molecule is NC(N)=NCC[C@@H](N)C(=O)O. The van der Waals surface area contributed by atoms with Crippen LogP contribution in [0.4, 0.5) is 0 Å². The Morgan fingerprint density at radius 3 is 2.45 bits per heavy atom. The Kier molecular flexibility index (Phi) is 3.97. The van der Waals surface area contributed by atoms with E-state index >= 15 is 0 Å². The molecule has 64 valence electrons. The van der Waals surface area contributed by atoms with Crippen molar-refractivity contribution < 1.29 is 9.90 Å². The highest BCUT2D eigenvalue weighted by Gasteiger charge is 2.09. The minimum atomic E-state index is -1.05. The van der Waals surface area contributed by atoms with E-state index in [9.17, 15) is 4.79 Å². The molecule has 0 saturated carbocycles. The summed E-state index contributed by atoms with van der Waals surface area (Å²) in [7, 11) is 0. The van der Waals surface area contributed by atoms with Crippen molar-refractivity contribution in [1.29, 1.82) is 0 Å². The summed E-state index contributed by atoms with van der Waals surface area (Å²) in [6.45, 7) is 0.246. The van der Waals surface area contributed by atoms with Crippen LogP contribution in [-0.2, 0) is 4.79 Å². The lowest BCUT2D eigenvalue weighted by atomic mass is 10.2. The number of aliphatic imine (C=N–C) groups is 1. The van der Waals surface area contributed by atoms with Crippen LogP contribution in [0.1, 0.15) is 6.42 Å². The lowest BCUT2D eigenvalue weighted by molar-refractivity contribution is -0.138. The van der Waals surface area contributed by atoms with Crippen molar-refractivity contribution in [2.75, 3.05) is 6.54 Å². The van der Waals surface area contributed by atoms with Crippen LogP contribution in [0.25, 0.3) is 0 Å². The van der Waals surface area contributed by atoms with Gasteiger partial charge in [0.25, 0.3) is 0 Å². The number of rotatable bonds is 4. The topological polar surface area (TPSA) is 128 Å². The number of guanidine groups is 1. The number of aliphatic carboxylic acids is 1. The van der Waals surface area contributed by atoms with E-state index in [0.717, 1.165) is 0 Å². The van der Waals surface area contributed by atoms with E-state index in [1.807, 2.05) is 0 Å². The molecule has 7 N–H and O–H groups in total. The highest BCUT2D eigenvalue weighted by molar-refractivity contribution is 5.76. The minimum Gasteiger partial charge on any atom is -0.480 e. The van der Waals surface area contributed by atoms with Crippen molar-refractivity contribution in [3.8, 4) is 0 Å². The van der Waals surface area contributed by atoms with Crippen molar-refractivity contribution >= 4 is 11.9 Å². The van der Waals surface area contributed by atoms with Gasteiger partial charge in [-0.05, 0) is 6.42 Å². The zero-order valence-electron chi connectivity index (χ0n) is 6.03. The van der Waals surface area contributed by atoms with Gasteiger partial charge in [-0.1, -0.05) is 0 Å². The van der Waals surface area contributed by atoms with Gasteiger partial charge in [0.15, 0.2) is 5.96 Å². The van der Waals surface area contributed by atoms with E-state index in [4.69, 9.17) is 22.3 Å². The largest absolute Gasteiger partial charge is 0.480 e. The molecule has 0 aromatic heterocycles. The first-order chi connectivity index (χ1) is 5.04. The Labute approximate surface area is 64.1 Å². The number of hydrogen-bond donors (Lipinski definition) is 4. The number of carbonyl (C=O) groups is 1. The molecular formula is C5H12N4O2. The fourth-order valence-corrected chi connectivity index (χ4v) is 0.456. The van der Waals surface area contributed by atoms with Gasteiger partial charge in [-0.15, -0.1) is 0 Å². The highest BCUT2D eigenvalue weighted by Crippen LogP contribution is 1.87. The van der Waals surface area contributed by atoms with Crippen LogP contribution in [0.5, 0.6) is 0 Å². The third-order valence-electron chi connectivity index (χ3n) is 1.05. The van der Waals surface area contributed by atoms with Gasteiger partial charge in [0.05, 0.1) is 0 Å². The first-order valence-electron chi connectivity index (χ1n) is 3.08. The van der Waals surface area contributed by atoms with Crippen molar-refractivity contribution in [3.05, 3.63) is 0 Å². The van der Waals surface area contributed by atoms with Gasteiger partial charge in [0, 0.05) is 6.54 Å². The fourth-order valence-electron chi connectivity index (χ4n) is 0.456. The molecule has 0 aliphatic heterocycles. The Morgan fingerprint density at radius 1 is 1.55 bits per heavy atom. The van der Waals surface area contributed by atoms with Gasteiger partial charge < -0.3 is 22.3 Å². The second-order valence-electron chi connectivity index (χ2n) is 2.04. The zero-order chi connectivity index (χ0) is 8.85. The van der Waals surface area contributed by atoms with Crippen molar-refractivity contribution in [3.63, 3.8) is 0 Å². The van der Waals surface area contributed by atoms with Crippen LogP contribution < -0.4 is 17.2 Å². The van der Waals surface area contributed by atoms with Crippen LogP contribution in [0, 0.1) is 0 Å². The standard InChI is InChI=1S/C5H12N4O2/c6-3(4(10)11)1-2-9-5(7)8/h3H,1-2,6H2,(H,10,11)(H4,7,8,9)/t3-/m1/s1. The van der Waals surface area contributed by atoms with E-state index in [1.165, 1.54) is 0 Å². The molecule has 0 saturated heterocycles. The molecule has 11 heavy (non-hydrogen) atoms. The molecule has 0 heterocycles. The summed E-state index contributed by atoms with van der Waals surface area (Å²) < 4.78 is 0. The van der Waals surface area contributed by atoms with Crippen molar-refractivity contribution in [2.45, 2.75) is 12.5 Å². The summed E-state index contributed by atoms with van der Waals surface area (Å²) >= 11 is 0. The molecule has 0 aliphatic carbocycles. The number of hydrogen-bond acceptors (Lipinski definition) is 3. The van der Waals surface area contributed by atoms with E-state index in [2.05, 4.69) is 4.99 Å². The Hall–Kier alpha value is -1.30. The van der Waals surface area contributed by atoms with Gasteiger partial charge >= 0.3 is 5.97 Å². The summed E-state index contributed by atoms with van der Waals surface area (Å²) in [4.78, 5) is 13.7. The number of carboxylic acids is 1. The zero-order valence-corrected chi connectivity index (χ0v) is 6.03. The molecule has 0 aromatic rings. The highest BCUT2D eigenvalue weighted by atomic mass is 16.4. The first-order valence-corrected chi connectivity index (χ1v) is 3.08. The quantitative estimate of drug-likeness (QED) is 0.281. The molecule has 0 rings (SSSR count). The molecule has 6 heteroatoms. The van der Waals surface area contributed by atoms with Gasteiger partial charge in [-0.3, -0.25) is 9.79 Å². The Bertz CT molecular complexity index is 164. The average Bonchev–Trinajstić information content (AvgIpc) is 1.86. The summed E-state index contributed by atoms with van der Waals surface area (Å²) in [5.74, 6) is -1.10. The molecule has 0 aliphatic rings. The van der Waals surface area contributed by atoms with Gasteiger partial charge in [0.1, 0.15) is 6.04 Å². The predicted molar refractivity (Wildman–Crippen MR) is 40.9 cm³/mol. The van der Waals surface area contributed by atoms with Crippen LogP contribution >= 0.6 is 0 Å². The molecule has 0 aromatic carbocycles. The van der Waals surface area contributed by atoms with Crippen molar-refractivity contribution in [1.82, 2.24) is 0 Å². The molecule has 0 bridgehead atoms. The lowest BCUT2D eigenvalue weighted by Crippen LogP contribution is -2.31. The minimum absolute atomic E-state index is 0.0532. The summed E-state index contributed by atoms with van der Waals surface area (Å²) in [6.07, 6.45) is 0.243. The molecule has 0 radical (unpaired) electrons. The third-order valence-corrected chi connectivity index (χ3v) is 1.05. The predicted octanol–water partition coefficient (Wildman–Crippen LogP) is -1.94. The summed E-state index contributed by atoms with van der Waals surface area (Å²) in [6, 6.07) is -0.891. The molecule has 1 atom stereocenters. The van der Waals surface area contributed by atoms with Crippen LogP contribution in [0.2, 0.25) is 0 Å². The monoisotopic (exact) mass is 160 g/mol. The maximum Gasteiger partial charge on any atom is 0.320 e. The first kappa shape index (κ1) is 9.70. The fraction of sp³-hybridized carbons (Fsp3) is 0.600. The number of nitrogens with two attached hydrogens (primary N) is 3. The second kappa shape index (κ2) is 4.51. The molecule has 0 spiro atoms. The van der Waals surface area contributed by atoms with Gasteiger partial charge in [0.2, 0.25) is 0 Å². The van der Waals surface area contributed by atoms with E-state index in [0.29, 0.717) is 0 Å². The maximum atomic E-state index is 10.1. The van der Waals surface area contributed by atoms with Crippen molar-refractivity contribution in [2.24, 2.45) is 22.2 Å². The van der Waals surface area contributed by atoms with E-state index in [-0.39, 0.29) is 18.9 Å². The molecule has 0 unspecified atom stereocenters. The van der Waals surface area contributed by atoms with Crippen LogP contribution in [-0.4, -0.2) is 29.6 Å². The van der Waals surface area contributed by atoms with Crippen LogP contribution in [0.3, 0.4) is 0 Å². The number of carboxylic acid groups (broad SMARTS) is 1. The van der Waals surface area contributed by atoms with Gasteiger partial charge in [-0.25, -0.2) is 0 Å². The van der Waals surface area contributed by atoms with E-state index in [1.54, 1.807) is 0 Å². The molecular weight excluding hydrogens is 148 g/mol.